The standard InChI is InChI=1S/C18H23N3O3/c22-16(19-15-8-9-15)11-13-4-6-14(7-5-13)20-17(23)12-21-10-2-1-3-18(21)24/h4-7,15H,1-3,8-12H2,(H,19,22)(H,20,23). The number of nitrogens with one attached hydrogen (secondary N) is 2. The largest absolute Gasteiger partial charge is 0.353 e. The Kier molecular flexibility index (Phi) is 5.13. The minimum absolute atomic E-state index is 0.0397. The van der Waals surface area contributed by atoms with E-state index in [-0.39, 0.29) is 24.3 Å². The average Bonchev–Trinajstić information content (AvgIpc) is 3.35. The highest BCUT2D eigenvalue weighted by Crippen LogP contribution is 2.19. The summed E-state index contributed by atoms with van der Waals surface area (Å²) in [6.45, 7) is 0.756. The Labute approximate surface area is 141 Å². The topological polar surface area (TPSA) is 78.5 Å². The first kappa shape index (κ1) is 16.5. The lowest BCUT2D eigenvalue weighted by Gasteiger charge is -2.25. The van der Waals surface area contributed by atoms with Crippen LogP contribution < -0.4 is 10.6 Å². The van der Waals surface area contributed by atoms with E-state index >= 15 is 0 Å². The maximum absolute atomic E-state index is 12.0. The van der Waals surface area contributed by atoms with Gasteiger partial charge in [-0.1, -0.05) is 12.1 Å². The second-order valence-corrected chi connectivity index (χ2v) is 6.54. The lowest BCUT2D eigenvalue weighted by Crippen LogP contribution is -2.40. The average molecular weight is 329 g/mol. The SMILES string of the molecule is O=C(CN1CCCCC1=O)Nc1ccc(CC(=O)NC2CC2)cc1. The lowest BCUT2D eigenvalue weighted by atomic mass is 10.1. The number of rotatable bonds is 6. The van der Waals surface area contributed by atoms with Crippen LogP contribution in [-0.2, 0) is 20.8 Å². The van der Waals surface area contributed by atoms with Gasteiger partial charge in [-0.2, -0.15) is 0 Å². The van der Waals surface area contributed by atoms with E-state index in [1.54, 1.807) is 17.0 Å². The van der Waals surface area contributed by atoms with Gasteiger partial charge in [0.15, 0.2) is 0 Å². The number of anilines is 1. The van der Waals surface area contributed by atoms with Crippen LogP contribution in [0.1, 0.15) is 37.7 Å². The minimum Gasteiger partial charge on any atom is -0.353 e. The number of piperidine rings is 1. The van der Waals surface area contributed by atoms with Crippen LogP contribution >= 0.6 is 0 Å². The van der Waals surface area contributed by atoms with E-state index in [4.69, 9.17) is 0 Å². The highest BCUT2D eigenvalue weighted by molar-refractivity contribution is 5.94. The Morgan fingerprint density at radius 1 is 1.08 bits per heavy atom. The van der Waals surface area contributed by atoms with Crippen molar-refractivity contribution in [1.82, 2.24) is 10.2 Å². The molecular formula is C18H23N3O3. The van der Waals surface area contributed by atoms with E-state index in [0.717, 1.165) is 31.2 Å². The quantitative estimate of drug-likeness (QED) is 0.829. The van der Waals surface area contributed by atoms with Gasteiger partial charge >= 0.3 is 0 Å². The zero-order chi connectivity index (χ0) is 16.9. The fourth-order valence-corrected chi connectivity index (χ4v) is 2.80. The van der Waals surface area contributed by atoms with Crippen LogP contribution in [0.5, 0.6) is 0 Å². The molecule has 6 heteroatoms. The van der Waals surface area contributed by atoms with Crippen molar-refractivity contribution < 1.29 is 14.4 Å². The van der Waals surface area contributed by atoms with Gasteiger partial charge in [0.25, 0.3) is 0 Å². The predicted molar refractivity (Wildman–Crippen MR) is 90.4 cm³/mol. The van der Waals surface area contributed by atoms with Crippen molar-refractivity contribution >= 4 is 23.4 Å². The molecule has 0 atom stereocenters. The number of likely N-dealkylation sites (tertiary alicyclic amines) is 1. The molecule has 128 valence electrons. The third-order valence-corrected chi connectivity index (χ3v) is 4.30. The van der Waals surface area contributed by atoms with Gasteiger partial charge in [0.05, 0.1) is 13.0 Å². The molecule has 1 saturated carbocycles. The summed E-state index contributed by atoms with van der Waals surface area (Å²) in [5, 5.41) is 5.75. The summed E-state index contributed by atoms with van der Waals surface area (Å²) in [6.07, 6.45) is 4.91. The maximum atomic E-state index is 12.0. The molecule has 1 saturated heterocycles. The molecule has 0 unspecified atom stereocenters. The molecule has 0 aromatic heterocycles. The molecule has 3 amide bonds. The molecule has 0 spiro atoms. The van der Waals surface area contributed by atoms with Crippen LogP contribution in [0.3, 0.4) is 0 Å². The molecule has 1 aliphatic heterocycles. The Bertz CT molecular complexity index is 623. The summed E-state index contributed by atoms with van der Waals surface area (Å²) < 4.78 is 0. The van der Waals surface area contributed by atoms with Gasteiger partial charge in [0.2, 0.25) is 17.7 Å². The zero-order valence-corrected chi connectivity index (χ0v) is 13.7. The predicted octanol–water partition coefficient (Wildman–Crippen LogP) is 1.46. The first-order valence-electron chi connectivity index (χ1n) is 8.56. The van der Waals surface area contributed by atoms with E-state index in [1.165, 1.54) is 0 Å². The van der Waals surface area contributed by atoms with Crippen molar-refractivity contribution in [2.45, 2.75) is 44.6 Å². The molecule has 1 aliphatic carbocycles. The minimum atomic E-state index is -0.190. The third-order valence-electron chi connectivity index (χ3n) is 4.30. The van der Waals surface area contributed by atoms with Crippen molar-refractivity contribution in [3.63, 3.8) is 0 Å². The van der Waals surface area contributed by atoms with Crippen molar-refractivity contribution in [2.24, 2.45) is 0 Å². The van der Waals surface area contributed by atoms with E-state index in [2.05, 4.69) is 10.6 Å². The molecule has 0 bridgehead atoms. The van der Waals surface area contributed by atoms with Gasteiger partial charge in [-0.25, -0.2) is 0 Å². The first-order valence-corrected chi connectivity index (χ1v) is 8.56. The fraction of sp³-hybridized carbons (Fsp3) is 0.500. The van der Waals surface area contributed by atoms with Crippen LogP contribution in [0.15, 0.2) is 24.3 Å². The lowest BCUT2D eigenvalue weighted by molar-refractivity contribution is -0.136. The monoisotopic (exact) mass is 329 g/mol. The number of carbonyl (C=O) groups excluding carboxylic acids is 3. The van der Waals surface area contributed by atoms with Crippen LogP contribution in [0.4, 0.5) is 5.69 Å². The third kappa shape index (κ3) is 4.81. The summed E-state index contributed by atoms with van der Waals surface area (Å²) in [7, 11) is 0. The molecule has 1 aromatic carbocycles. The van der Waals surface area contributed by atoms with Gasteiger partial charge in [0, 0.05) is 24.7 Å². The highest BCUT2D eigenvalue weighted by Gasteiger charge is 2.23. The van der Waals surface area contributed by atoms with E-state index in [1.807, 2.05) is 12.1 Å². The molecule has 1 aromatic rings. The number of hydrogen-bond acceptors (Lipinski definition) is 3. The van der Waals surface area contributed by atoms with Crippen LogP contribution in [-0.4, -0.2) is 41.8 Å². The van der Waals surface area contributed by atoms with Crippen LogP contribution in [0.25, 0.3) is 0 Å². The van der Waals surface area contributed by atoms with Crippen LogP contribution in [0.2, 0.25) is 0 Å². The Morgan fingerprint density at radius 3 is 2.50 bits per heavy atom. The summed E-state index contributed by atoms with van der Waals surface area (Å²) in [5.74, 6) is -0.101. The number of carbonyl (C=O) groups is 3. The van der Waals surface area contributed by atoms with Crippen molar-refractivity contribution in [3.8, 4) is 0 Å². The molecular weight excluding hydrogens is 306 g/mol. The molecule has 24 heavy (non-hydrogen) atoms. The first-order chi connectivity index (χ1) is 11.6. The highest BCUT2D eigenvalue weighted by atomic mass is 16.2. The summed E-state index contributed by atoms with van der Waals surface area (Å²) in [4.78, 5) is 37.1. The second-order valence-electron chi connectivity index (χ2n) is 6.54. The van der Waals surface area contributed by atoms with Gasteiger partial charge in [0.1, 0.15) is 0 Å². The van der Waals surface area contributed by atoms with Gasteiger partial charge < -0.3 is 15.5 Å². The number of amides is 3. The van der Waals surface area contributed by atoms with Gasteiger partial charge in [-0.3, -0.25) is 14.4 Å². The fourth-order valence-electron chi connectivity index (χ4n) is 2.80. The Morgan fingerprint density at radius 2 is 1.83 bits per heavy atom. The summed E-state index contributed by atoms with van der Waals surface area (Å²) in [6, 6.07) is 7.63. The molecule has 2 aliphatic rings. The van der Waals surface area contributed by atoms with Gasteiger partial charge in [-0.05, 0) is 43.4 Å². The normalized spacial score (nSPS) is 17.5. The molecule has 6 nitrogen and oxygen atoms in total. The van der Waals surface area contributed by atoms with Crippen molar-refractivity contribution in [3.05, 3.63) is 29.8 Å². The molecule has 2 N–H and O–H groups in total. The Hall–Kier alpha value is -2.37. The molecule has 2 fully saturated rings. The molecule has 0 radical (unpaired) electrons. The molecule has 1 heterocycles. The zero-order valence-electron chi connectivity index (χ0n) is 13.7. The maximum Gasteiger partial charge on any atom is 0.243 e. The van der Waals surface area contributed by atoms with E-state index < -0.39 is 0 Å². The number of nitrogens with zero attached hydrogens (tertiary/aromatic N) is 1. The second kappa shape index (κ2) is 7.47. The number of hydrogen-bond donors (Lipinski definition) is 2. The summed E-state index contributed by atoms with van der Waals surface area (Å²) in [5.41, 5.74) is 1.59. The van der Waals surface area contributed by atoms with E-state index in [0.29, 0.717) is 31.1 Å². The van der Waals surface area contributed by atoms with Crippen molar-refractivity contribution in [2.75, 3.05) is 18.4 Å². The van der Waals surface area contributed by atoms with Gasteiger partial charge in [-0.15, -0.1) is 0 Å². The van der Waals surface area contributed by atoms with Crippen LogP contribution in [0, 0.1) is 0 Å². The van der Waals surface area contributed by atoms with Crippen molar-refractivity contribution in [1.29, 1.82) is 0 Å². The Balaban J connectivity index is 1.47. The molecule has 3 rings (SSSR count). The van der Waals surface area contributed by atoms with E-state index in [9.17, 15) is 14.4 Å². The number of benzene rings is 1. The summed E-state index contributed by atoms with van der Waals surface area (Å²) >= 11 is 0. The smallest absolute Gasteiger partial charge is 0.243 e.